The van der Waals surface area contributed by atoms with Gasteiger partial charge in [-0.2, -0.15) is 0 Å². The van der Waals surface area contributed by atoms with E-state index >= 15 is 0 Å². The lowest BCUT2D eigenvalue weighted by atomic mass is 11.3. The second-order valence-corrected chi connectivity index (χ2v) is 20.7. The minimum Gasteiger partial charge on any atom is -0.421 e. The van der Waals surface area contributed by atoms with Crippen molar-refractivity contribution >= 4 is 24.7 Å². The van der Waals surface area contributed by atoms with Gasteiger partial charge in [0.05, 0.1) is 8.07 Å². The molecule has 0 unspecified atom stereocenters. The van der Waals surface area contributed by atoms with Crippen LogP contribution in [0, 0.1) is 0 Å². The highest BCUT2D eigenvalue weighted by Gasteiger charge is 2.13. The van der Waals surface area contributed by atoms with Crippen LogP contribution in [0.2, 0.25) is 52.4 Å². The van der Waals surface area contributed by atoms with Gasteiger partial charge in [-0.05, 0) is 32.7 Å². The van der Waals surface area contributed by atoms with E-state index in [1.54, 1.807) is 14.2 Å². The lowest BCUT2D eigenvalue weighted by Crippen LogP contribution is -2.24. The summed E-state index contributed by atoms with van der Waals surface area (Å²) in [6, 6.07) is 0. The first-order valence-electron chi connectivity index (χ1n) is 6.62. The maximum atomic E-state index is 5.11. The normalized spacial score (nSPS) is 11.5. The van der Waals surface area contributed by atoms with Gasteiger partial charge in [-0.15, -0.1) is 18.9 Å². The van der Waals surface area contributed by atoms with E-state index in [0.29, 0.717) is 0 Å². The number of rotatable bonds is 4. The fraction of sp³-hybridized carbons (Fsp3) is 0.714. The van der Waals surface area contributed by atoms with Crippen molar-refractivity contribution in [3.63, 3.8) is 0 Å². The smallest absolute Gasteiger partial charge is 0.209 e. The summed E-state index contributed by atoms with van der Waals surface area (Å²) < 4.78 is 10.2. The summed E-state index contributed by atoms with van der Waals surface area (Å²) >= 11 is 0. The lowest BCUT2D eigenvalue weighted by Gasteiger charge is -2.12. The van der Waals surface area contributed by atoms with E-state index in [1.165, 1.54) is 0 Å². The molecule has 0 aliphatic rings. The molecule has 0 aromatic carbocycles. The fourth-order valence-electron chi connectivity index (χ4n) is 0.0833. The Morgan fingerprint density at radius 3 is 0.947 bits per heavy atom. The third-order valence-corrected chi connectivity index (χ3v) is 6.73. The molecule has 0 aromatic heterocycles. The van der Waals surface area contributed by atoms with Crippen molar-refractivity contribution in [2.24, 2.45) is 0 Å². The van der Waals surface area contributed by atoms with Crippen LogP contribution in [0.5, 0.6) is 0 Å². The van der Waals surface area contributed by atoms with Crippen molar-refractivity contribution in [3.8, 4) is 0 Å². The van der Waals surface area contributed by atoms with Gasteiger partial charge in [-0.1, -0.05) is 25.3 Å². The number of hydrogen-bond donors (Lipinski definition) is 0. The van der Waals surface area contributed by atoms with E-state index in [0.717, 1.165) is 0 Å². The molecule has 0 saturated carbocycles. The van der Waals surface area contributed by atoms with Crippen molar-refractivity contribution in [2.45, 2.75) is 52.4 Å². The van der Waals surface area contributed by atoms with Crippen LogP contribution in [-0.2, 0) is 8.85 Å². The zero-order valence-electron chi connectivity index (χ0n) is 14.9. The SMILES string of the molecule is C=C[Si](C)(C)C.C=C[Si](C)(C)OC.CO[Si](C)(C)C. The van der Waals surface area contributed by atoms with Crippen LogP contribution in [0.1, 0.15) is 0 Å². The Morgan fingerprint density at radius 2 is 0.947 bits per heavy atom. The van der Waals surface area contributed by atoms with Crippen LogP contribution in [-0.4, -0.2) is 38.9 Å². The van der Waals surface area contributed by atoms with Gasteiger partial charge in [0.1, 0.15) is 0 Å². The van der Waals surface area contributed by atoms with Gasteiger partial charge in [0.25, 0.3) is 0 Å². The molecule has 0 N–H and O–H groups in total. The van der Waals surface area contributed by atoms with Crippen molar-refractivity contribution in [1.82, 2.24) is 0 Å². The van der Waals surface area contributed by atoms with E-state index in [-0.39, 0.29) is 0 Å². The average molecular weight is 321 g/mol. The highest BCUT2D eigenvalue weighted by atomic mass is 28.4. The first-order chi connectivity index (χ1) is 8.24. The zero-order valence-corrected chi connectivity index (χ0v) is 17.9. The molecule has 0 aliphatic heterocycles. The summed E-state index contributed by atoms with van der Waals surface area (Å²) in [7, 11) is 0.114. The highest BCUT2D eigenvalue weighted by molar-refractivity contribution is 6.80. The molecule has 0 aliphatic carbocycles. The second-order valence-electron chi connectivity index (χ2n) is 6.90. The van der Waals surface area contributed by atoms with E-state index in [2.05, 4.69) is 71.2 Å². The molecule has 5 heteroatoms. The third kappa shape index (κ3) is 32.0. The number of hydrogen-bond acceptors (Lipinski definition) is 2. The monoisotopic (exact) mass is 320 g/mol. The molecule has 0 fully saturated rings. The van der Waals surface area contributed by atoms with E-state index in [1.807, 2.05) is 5.70 Å². The Morgan fingerprint density at radius 1 is 0.684 bits per heavy atom. The molecule has 0 bridgehead atoms. The molecule has 0 radical (unpaired) electrons. The summed E-state index contributed by atoms with van der Waals surface area (Å²) in [5.41, 5.74) is 3.99. The van der Waals surface area contributed by atoms with Gasteiger partial charge in [0.2, 0.25) is 8.32 Å². The predicted molar refractivity (Wildman–Crippen MR) is 98.6 cm³/mol. The van der Waals surface area contributed by atoms with Gasteiger partial charge in [-0.3, -0.25) is 0 Å². The van der Waals surface area contributed by atoms with Crippen LogP contribution in [0.4, 0.5) is 0 Å². The van der Waals surface area contributed by atoms with E-state index in [4.69, 9.17) is 8.85 Å². The third-order valence-electron chi connectivity index (χ3n) is 2.24. The van der Waals surface area contributed by atoms with Gasteiger partial charge in [0, 0.05) is 14.2 Å². The molecule has 0 saturated heterocycles. The van der Waals surface area contributed by atoms with Crippen molar-refractivity contribution in [2.75, 3.05) is 14.2 Å². The first-order valence-corrected chi connectivity index (χ1v) is 16.6. The fourth-order valence-corrected chi connectivity index (χ4v) is 0.250. The van der Waals surface area contributed by atoms with Crippen LogP contribution in [0.25, 0.3) is 0 Å². The summed E-state index contributed by atoms with van der Waals surface area (Å²) in [5, 5.41) is 0. The summed E-state index contributed by atoms with van der Waals surface area (Å²) in [5.74, 6) is 0. The first kappa shape index (κ1) is 24.1. The maximum Gasteiger partial charge on any atom is 0.209 e. The summed E-state index contributed by atoms with van der Waals surface area (Å²) in [6.45, 7) is 24.8. The molecule has 2 nitrogen and oxygen atoms in total. The van der Waals surface area contributed by atoms with Gasteiger partial charge < -0.3 is 8.85 Å². The standard InChI is InChI=1S/C5H12OSi.C5H12Si.C4H12OSi/c1-5-7(3,4)6-2;2*1-5-6(2,3)4/h5H,1H2,2-4H3;5H,1H2,2-4H3;1-4H3. The van der Waals surface area contributed by atoms with E-state index in [9.17, 15) is 0 Å². The molecule has 0 spiro atoms. The Labute approximate surface area is 125 Å². The molecular weight excluding hydrogens is 284 g/mol. The van der Waals surface area contributed by atoms with Crippen molar-refractivity contribution < 1.29 is 8.85 Å². The average Bonchev–Trinajstić information content (AvgIpc) is 2.29. The van der Waals surface area contributed by atoms with Crippen LogP contribution in [0.3, 0.4) is 0 Å². The second kappa shape index (κ2) is 10.8. The van der Waals surface area contributed by atoms with Crippen LogP contribution in [0.15, 0.2) is 24.6 Å². The van der Waals surface area contributed by atoms with Gasteiger partial charge in [0.15, 0.2) is 8.32 Å². The molecule has 116 valence electrons. The Balaban J connectivity index is -0.000000203. The summed E-state index contributed by atoms with van der Waals surface area (Å²) in [4.78, 5) is 0. The molecule has 19 heavy (non-hydrogen) atoms. The largest absolute Gasteiger partial charge is 0.421 e. The topological polar surface area (TPSA) is 18.5 Å². The Hall–Kier alpha value is 0.0506. The van der Waals surface area contributed by atoms with Crippen molar-refractivity contribution in [1.29, 1.82) is 0 Å². The minimum atomic E-state index is -1.39. The molecular formula is C14H36O2Si3. The Bertz CT molecular complexity index is 238. The van der Waals surface area contributed by atoms with Crippen LogP contribution < -0.4 is 0 Å². The molecule has 0 aromatic rings. The molecule has 0 rings (SSSR count). The van der Waals surface area contributed by atoms with Crippen molar-refractivity contribution in [3.05, 3.63) is 24.6 Å². The Kier molecular flexibility index (Phi) is 13.7. The maximum absolute atomic E-state index is 5.11. The minimum absolute atomic E-state index is 0.867. The van der Waals surface area contributed by atoms with Gasteiger partial charge >= 0.3 is 0 Å². The molecule has 0 heterocycles. The molecule has 0 atom stereocenters. The van der Waals surface area contributed by atoms with Gasteiger partial charge in [-0.25, -0.2) is 0 Å². The predicted octanol–water partition coefficient (Wildman–Crippen LogP) is 5.08. The van der Waals surface area contributed by atoms with E-state index < -0.39 is 24.7 Å². The summed E-state index contributed by atoms with van der Waals surface area (Å²) in [6.07, 6.45) is 0. The lowest BCUT2D eigenvalue weighted by molar-refractivity contribution is 0.411. The van der Waals surface area contributed by atoms with Crippen LogP contribution >= 0.6 is 0 Å². The quantitative estimate of drug-likeness (QED) is 0.672. The zero-order chi connectivity index (χ0) is 16.3. The highest BCUT2D eigenvalue weighted by Crippen LogP contribution is 2.00. The molecule has 0 amide bonds.